The van der Waals surface area contributed by atoms with E-state index in [1.165, 1.54) is 0 Å². The number of ether oxygens (including phenoxy) is 12. The molecule has 22 heterocycles. The highest BCUT2D eigenvalue weighted by molar-refractivity contribution is 5.01. The third kappa shape index (κ3) is 10.0. The quantitative estimate of drug-likeness (QED) is 0.117. The minimum Gasteiger partial charge on any atom is -0.394 e. The summed E-state index contributed by atoms with van der Waals surface area (Å²) in [5, 5.41) is 196. The van der Waals surface area contributed by atoms with Crippen LogP contribution >= 0.6 is 0 Å². The van der Waals surface area contributed by atoms with Crippen molar-refractivity contribution in [2.24, 2.45) is 0 Å². The average molecular weight is 973 g/mol. The summed E-state index contributed by atoms with van der Waals surface area (Å²) < 4.78 is 67.9. The number of aliphatic hydroxyl groups is 18. The molecule has 0 aromatic carbocycles. The zero-order valence-electron chi connectivity index (χ0n) is 34.5. The minimum absolute atomic E-state index is 0.999. The van der Waals surface area contributed by atoms with Crippen molar-refractivity contribution in [1.82, 2.24) is 0 Å². The van der Waals surface area contributed by atoms with Crippen LogP contribution in [0.5, 0.6) is 0 Å². The van der Waals surface area contributed by atoms with Gasteiger partial charge in [-0.05, 0) is 0 Å². The summed E-state index contributed by atoms with van der Waals surface area (Å²) in [7, 11) is 0. The molecule has 18 N–H and O–H groups in total. The Morgan fingerprint density at radius 1 is 0.182 bits per heavy atom. The van der Waals surface area contributed by atoms with Crippen LogP contribution in [0.3, 0.4) is 0 Å². The fourth-order valence-electron chi connectivity index (χ4n) is 8.93. The van der Waals surface area contributed by atoms with Gasteiger partial charge in [-0.3, -0.25) is 0 Å². The van der Waals surface area contributed by atoms with Gasteiger partial charge in [0.25, 0.3) is 0 Å². The van der Waals surface area contributed by atoms with Crippen LogP contribution in [0.1, 0.15) is 0 Å². The van der Waals surface area contributed by atoms with Gasteiger partial charge < -0.3 is 149 Å². The number of hydrogen-bond acceptors (Lipinski definition) is 30. The molecule has 0 saturated carbocycles. The largest absolute Gasteiger partial charge is 0.394 e. The molecule has 6 unspecified atom stereocenters. The Bertz CT molecular complexity index is 1230. The number of aliphatic hydroxyl groups excluding tert-OH is 18. The van der Waals surface area contributed by atoms with Crippen molar-refractivity contribution in [1.29, 1.82) is 0 Å². The summed E-state index contributed by atoms with van der Waals surface area (Å²) in [5.41, 5.74) is 0. The van der Waals surface area contributed by atoms with Crippen LogP contribution in [-0.2, 0) is 56.8 Å². The maximum absolute atomic E-state index is 11.2. The SMILES string of the molecule is OC[C@H]1O[C@@H]2OC3[C@@H](CO)O[C@H](OC4[C@@H](CO)O[C@H](OC5[C@@H](CO)O[C@H](OC6[C@@H](CO)O[C@H](OC7[C@@H](CO)O[C@H](OC1[C@H](O)[C@H]2O)[C@H](O)[C@H]7O)[C@H](O)[C@H]6O)[C@H](O)[C@H]5O)[C@H](O)[C@H]4O)[C@H](O)[C@H]3O. The van der Waals surface area contributed by atoms with Gasteiger partial charge in [-0.25, -0.2) is 0 Å². The zero-order valence-corrected chi connectivity index (χ0v) is 34.5. The molecule has 22 aliphatic rings. The Morgan fingerprint density at radius 2 is 0.303 bits per heavy atom. The van der Waals surface area contributed by atoms with Gasteiger partial charge in [-0.15, -0.1) is 0 Å². The van der Waals surface area contributed by atoms with E-state index in [-0.39, 0.29) is 0 Å². The predicted octanol–water partition coefficient (Wildman–Crippen LogP) is -13.1. The molecule has 384 valence electrons. The maximum Gasteiger partial charge on any atom is 0.187 e. The molecule has 66 heavy (non-hydrogen) atoms. The van der Waals surface area contributed by atoms with Crippen molar-refractivity contribution in [3.05, 3.63) is 0 Å². The van der Waals surface area contributed by atoms with E-state index in [0.29, 0.717) is 0 Å². The topological polar surface area (TPSA) is 475 Å². The van der Waals surface area contributed by atoms with Gasteiger partial charge in [0.1, 0.15) is 146 Å². The van der Waals surface area contributed by atoms with Gasteiger partial charge in [-0.2, -0.15) is 0 Å². The molecule has 12 bridgehead atoms. The third-order valence-electron chi connectivity index (χ3n) is 12.7. The number of rotatable bonds is 6. The van der Waals surface area contributed by atoms with Crippen LogP contribution in [-0.4, -0.2) is 316 Å². The van der Waals surface area contributed by atoms with Gasteiger partial charge in [0.05, 0.1) is 39.6 Å². The molecule has 22 rings (SSSR count). The van der Waals surface area contributed by atoms with E-state index in [2.05, 4.69) is 0 Å². The second kappa shape index (κ2) is 22.1. The van der Waals surface area contributed by atoms with Crippen LogP contribution < -0.4 is 0 Å². The van der Waals surface area contributed by atoms with Crippen LogP contribution in [0.4, 0.5) is 0 Å². The Labute approximate surface area is 372 Å². The lowest BCUT2D eigenvalue weighted by molar-refractivity contribution is -0.404. The molecule has 30 nitrogen and oxygen atoms in total. The molecular formula is C36H60O30. The van der Waals surface area contributed by atoms with E-state index >= 15 is 0 Å². The highest BCUT2D eigenvalue weighted by Gasteiger charge is 2.58. The molecule has 22 fully saturated rings. The third-order valence-corrected chi connectivity index (χ3v) is 12.7. The summed E-state index contributed by atoms with van der Waals surface area (Å²) in [5.74, 6) is 0. The average Bonchev–Trinajstić information content (AvgIpc) is 3.31. The molecule has 30 heteroatoms. The van der Waals surface area contributed by atoms with Crippen LogP contribution in [0, 0.1) is 0 Å². The number of hydrogen-bond donors (Lipinski definition) is 18. The van der Waals surface area contributed by atoms with Crippen molar-refractivity contribution < 1.29 is 149 Å². The van der Waals surface area contributed by atoms with Crippen LogP contribution in [0.25, 0.3) is 0 Å². The summed E-state index contributed by atoms with van der Waals surface area (Å²) in [6.45, 7) is -5.99. The Kier molecular flexibility index (Phi) is 17.6. The van der Waals surface area contributed by atoms with Gasteiger partial charge in [0, 0.05) is 0 Å². The molecule has 0 spiro atoms. The summed E-state index contributed by atoms with van der Waals surface area (Å²) in [6.07, 6.45) is -58.5. The fourth-order valence-corrected chi connectivity index (χ4v) is 8.93. The maximum atomic E-state index is 11.2. The molecule has 30 atom stereocenters. The second-order valence-corrected chi connectivity index (χ2v) is 16.8. The molecule has 0 aromatic rings. The van der Waals surface area contributed by atoms with Crippen LogP contribution in [0.2, 0.25) is 0 Å². The van der Waals surface area contributed by atoms with Gasteiger partial charge >= 0.3 is 0 Å². The van der Waals surface area contributed by atoms with E-state index in [4.69, 9.17) is 56.8 Å². The lowest BCUT2D eigenvalue weighted by Crippen LogP contribution is -2.69. The van der Waals surface area contributed by atoms with Gasteiger partial charge in [-0.1, -0.05) is 0 Å². The monoisotopic (exact) mass is 972 g/mol. The standard InChI is InChI=1S/C36H60O30/c37-1-7-25-13(43)19(49)31(55-7)62-26-8(2-38)57-33(21(51)15(26)45)64-28-10(4-40)59-35(23(53)17(28)47)66-30-12(6-42)60-36(24(54)18(30)48)65-29-11(5-41)58-34(22(52)16(29)46)63-27-9(3-39)56-32(61-25)20(50)14(27)44/h7-54H,1-6H2/t7-,8-,9-,10-,11-,12-,13-,14-,15-,16-,17-,18-,19-,20-,21-,22-,23-,24-,25?,26?,27?,28?,29?,30?,31-,32-,33-,34-,35-,36-/m1/s1. The van der Waals surface area contributed by atoms with E-state index in [0.717, 1.165) is 0 Å². The fraction of sp³-hybridized carbons (Fsp3) is 1.00. The highest BCUT2D eigenvalue weighted by Crippen LogP contribution is 2.38. The lowest BCUT2D eigenvalue weighted by atomic mass is 9.94. The summed E-state index contributed by atoms with van der Waals surface area (Å²) >= 11 is 0. The summed E-state index contributed by atoms with van der Waals surface area (Å²) in [6, 6.07) is 0. The van der Waals surface area contributed by atoms with Crippen molar-refractivity contribution in [2.45, 2.75) is 184 Å². The first-order valence-corrected chi connectivity index (χ1v) is 21.1. The summed E-state index contributed by atoms with van der Waals surface area (Å²) in [4.78, 5) is 0. The lowest BCUT2D eigenvalue weighted by Gasteiger charge is -2.50. The van der Waals surface area contributed by atoms with Crippen LogP contribution in [0.15, 0.2) is 0 Å². The smallest absolute Gasteiger partial charge is 0.187 e. The van der Waals surface area contributed by atoms with Gasteiger partial charge in [0.2, 0.25) is 0 Å². The molecule has 22 saturated heterocycles. The first-order valence-electron chi connectivity index (χ1n) is 21.1. The van der Waals surface area contributed by atoms with Gasteiger partial charge in [0.15, 0.2) is 37.7 Å². The van der Waals surface area contributed by atoms with E-state index in [9.17, 15) is 91.9 Å². The van der Waals surface area contributed by atoms with E-state index in [1.54, 1.807) is 0 Å². The first-order chi connectivity index (χ1) is 31.4. The second-order valence-electron chi connectivity index (χ2n) is 16.8. The van der Waals surface area contributed by atoms with Crippen molar-refractivity contribution >= 4 is 0 Å². The molecule has 22 aliphatic heterocycles. The van der Waals surface area contributed by atoms with E-state index in [1.807, 2.05) is 0 Å². The van der Waals surface area contributed by atoms with Crippen molar-refractivity contribution in [2.75, 3.05) is 39.6 Å². The molecule has 0 aliphatic carbocycles. The Balaban J connectivity index is 1.19. The minimum atomic E-state index is -2.15. The van der Waals surface area contributed by atoms with Crippen molar-refractivity contribution in [3.8, 4) is 0 Å². The Morgan fingerprint density at radius 3 is 0.409 bits per heavy atom. The first kappa shape index (κ1) is 52.6. The highest BCUT2D eigenvalue weighted by atomic mass is 16.8. The normalized spacial score (nSPS) is 55.4. The van der Waals surface area contributed by atoms with E-state index < -0.39 is 224 Å². The predicted molar refractivity (Wildman–Crippen MR) is 196 cm³/mol. The molecule has 0 radical (unpaired) electrons. The zero-order chi connectivity index (χ0) is 48.0. The van der Waals surface area contributed by atoms with Crippen molar-refractivity contribution in [3.63, 3.8) is 0 Å². The molecule has 0 amide bonds. The molecular weight excluding hydrogens is 912 g/mol. The molecule has 0 aromatic heterocycles. The Hall–Kier alpha value is -1.20.